The molecule has 1 aromatic rings. The van der Waals surface area contributed by atoms with Gasteiger partial charge in [0, 0.05) is 23.4 Å². The standard InChI is InChI=1S/C17H26N2O3S/c1-2-8-17(11-20)10-19(9-7-14(17)21)16(22)15-18-12-5-3-4-6-13(12)23-15/h14,20-21H,2-11H2,1H3/t14-,17-/m0/s1. The molecule has 0 aromatic carbocycles. The first-order valence-corrected chi connectivity index (χ1v) is 9.48. The van der Waals surface area contributed by atoms with E-state index in [0.29, 0.717) is 24.5 Å². The van der Waals surface area contributed by atoms with Crippen molar-refractivity contribution < 1.29 is 15.0 Å². The van der Waals surface area contributed by atoms with E-state index in [4.69, 9.17) is 0 Å². The molecule has 0 bridgehead atoms. The average Bonchev–Trinajstić information content (AvgIpc) is 3.00. The molecule has 2 heterocycles. The van der Waals surface area contributed by atoms with Crippen LogP contribution in [0.5, 0.6) is 0 Å². The van der Waals surface area contributed by atoms with Crippen LogP contribution in [0.3, 0.4) is 0 Å². The van der Waals surface area contributed by atoms with Crippen molar-refractivity contribution in [2.75, 3.05) is 19.7 Å². The molecule has 0 spiro atoms. The van der Waals surface area contributed by atoms with E-state index in [1.54, 1.807) is 4.90 Å². The van der Waals surface area contributed by atoms with Crippen molar-refractivity contribution in [3.05, 3.63) is 15.6 Å². The van der Waals surface area contributed by atoms with E-state index >= 15 is 0 Å². The Hall–Kier alpha value is -0.980. The summed E-state index contributed by atoms with van der Waals surface area (Å²) in [5.41, 5.74) is 0.517. The van der Waals surface area contributed by atoms with Crippen molar-refractivity contribution in [2.24, 2.45) is 5.41 Å². The maximum atomic E-state index is 12.8. The summed E-state index contributed by atoms with van der Waals surface area (Å²) >= 11 is 1.53. The van der Waals surface area contributed by atoms with E-state index in [1.807, 2.05) is 6.92 Å². The van der Waals surface area contributed by atoms with Gasteiger partial charge >= 0.3 is 0 Å². The van der Waals surface area contributed by atoms with Crippen molar-refractivity contribution in [2.45, 2.75) is 58.0 Å². The van der Waals surface area contributed by atoms with E-state index < -0.39 is 11.5 Å². The van der Waals surface area contributed by atoms with Gasteiger partial charge in [-0.25, -0.2) is 4.98 Å². The number of aromatic nitrogens is 1. The Balaban J connectivity index is 1.78. The van der Waals surface area contributed by atoms with Crippen LogP contribution in [0.15, 0.2) is 0 Å². The molecule has 1 aromatic heterocycles. The van der Waals surface area contributed by atoms with Gasteiger partial charge in [-0.05, 0) is 38.5 Å². The predicted molar refractivity (Wildman–Crippen MR) is 89.7 cm³/mol. The van der Waals surface area contributed by atoms with E-state index in [0.717, 1.165) is 37.8 Å². The summed E-state index contributed by atoms with van der Waals surface area (Å²) in [6.07, 6.45) is 5.95. The first kappa shape index (κ1) is 16.9. The first-order chi connectivity index (χ1) is 11.1. The number of aliphatic hydroxyl groups excluding tert-OH is 2. The minimum atomic E-state index is -0.584. The largest absolute Gasteiger partial charge is 0.396 e. The van der Waals surface area contributed by atoms with E-state index in [9.17, 15) is 15.0 Å². The number of fused-ring (bicyclic) bond motifs is 1. The van der Waals surface area contributed by atoms with Gasteiger partial charge in [-0.3, -0.25) is 4.79 Å². The number of nitrogens with zero attached hydrogens (tertiary/aromatic N) is 2. The summed E-state index contributed by atoms with van der Waals surface area (Å²) in [6.45, 7) is 2.91. The fraction of sp³-hybridized carbons (Fsp3) is 0.765. The van der Waals surface area contributed by atoms with Gasteiger partial charge in [0.25, 0.3) is 5.91 Å². The smallest absolute Gasteiger partial charge is 0.282 e. The molecule has 1 aliphatic heterocycles. The van der Waals surface area contributed by atoms with Crippen LogP contribution in [0.2, 0.25) is 0 Å². The van der Waals surface area contributed by atoms with Crippen LogP contribution in [0, 0.1) is 5.41 Å². The Labute approximate surface area is 141 Å². The minimum Gasteiger partial charge on any atom is -0.396 e. The molecule has 0 saturated carbocycles. The lowest BCUT2D eigenvalue weighted by Crippen LogP contribution is -2.55. The number of carbonyl (C=O) groups excluding carboxylic acids is 1. The molecule has 2 N–H and O–H groups in total. The topological polar surface area (TPSA) is 73.7 Å². The number of piperidine rings is 1. The second-order valence-corrected chi connectivity index (χ2v) is 7.98. The SMILES string of the molecule is CCC[C@@]1(CO)CN(C(=O)c2nc3c(s2)CCCC3)CC[C@@H]1O. The molecule has 2 atom stereocenters. The Kier molecular flexibility index (Phi) is 5.04. The van der Waals surface area contributed by atoms with Gasteiger partial charge in [0.15, 0.2) is 5.01 Å². The van der Waals surface area contributed by atoms with Gasteiger partial charge in [0.1, 0.15) is 0 Å². The molecule has 1 aliphatic carbocycles. The third-order valence-electron chi connectivity index (χ3n) is 5.26. The Morgan fingerprint density at radius 3 is 2.91 bits per heavy atom. The second kappa shape index (κ2) is 6.87. The number of aliphatic hydroxyl groups is 2. The zero-order valence-electron chi connectivity index (χ0n) is 13.8. The van der Waals surface area contributed by atoms with Crippen LogP contribution in [0.1, 0.15) is 59.4 Å². The molecule has 0 unspecified atom stereocenters. The van der Waals surface area contributed by atoms with Crippen LogP contribution in [-0.2, 0) is 12.8 Å². The van der Waals surface area contributed by atoms with Crippen molar-refractivity contribution in [3.63, 3.8) is 0 Å². The highest BCUT2D eigenvalue weighted by atomic mass is 32.1. The van der Waals surface area contributed by atoms with E-state index in [1.165, 1.54) is 22.6 Å². The Morgan fingerprint density at radius 2 is 2.22 bits per heavy atom. The van der Waals surface area contributed by atoms with Crippen LogP contribution >= 0.6 is 11.3 Å². The van der Waals surface area contributed by atoms with Crippen molar-refractivity contribution in [1.29, 1.82) is 0 Å². The first-order valence-electron chi connectivity index (χ1n) is 8.66. The molecule has 23 heavy (non-hydrogen) atoms. The molecule has 6 heteroatoms. The van der Waals surface area contributed by atoms with Gasteiger partial charge < -0.3 is 15.1 Å². The summed E-state index contributed by atoms with van der Waals surface area (Å²) in [5, 5.41) is 20.8. The van der Waals surface area contributed by atoms with E-state index in [2.05, 4.69) is 4.98 Å². The summed E-state index contributed by atoms with van der Waals surface area (Å²) in [5.74, 6) is -0.0368. The van der Waals surface area contributed by atoms with Gasteiger partial charge in [0.2, 0.25) is 0 Å². The molecular weight excluding hydrogens is 312 g/mol. The van der Waals surface area contributed by atoms with Crippen LogP contribution in [0.25, 0.3) is 0 Å². The zero-order valence-corrected chi connectivity index (χ0v) is 14.6. The highest BCUT2D eigenvalue weighted by Gasteiger charge is 2.43. The molecule has 128 valence electrons. The molecule has 0 radical (unpaired) electrons. The number of likely N-dealkylation sites (tertiary alicyclic amines) is 1. The van der Waals surface area contributed by atoms with Crippen molar-refractivity contribution in [3.8, 4) is 0 Å². The lowest BCUT2D eigenvalue weighted by atomic mass is 9.74. The van der Waals surface area contributed by atoms with Gasteiger partial charge in [-0.1, -0.05) is 13.3 Å². The van der Waals surface area contributed by atoms with Gasteiger partial charge in [-0.15, -0.1) is 11.3 Å². The number of hydrogen-bond donors (Lipinski definition) is 2. The van der Waals surface area contributed by atoms with E-state index in [-0.39, 0.29) is 12.5 Å². The minimum absolute atomic E-state index is 0.0368. The third-order valence-corrected chi connectivity index (χ3v) is 6.41. The van der Waals surface area contributed by atoms with Crippen LogP contribution in [0.4, 0.5) is 0 Å². The summed E-state index contributed by atoms with van der Waals surface area (Å²) in [7, 11) is 0. The molecule has 5 nitrogen and oxygen atoms in total. The van der Waals surface area contributed by atoms with Crippen LogP contribution in [-0.4, -0.2) is 51.8 Å². The molecule has 2 aliphatic rings. The Bertz CT molecular complexity index is 551. The Morgan fingerprint density at radius 1 is 1.43 bits per heavy atom. The number of rotatable bonds is 4. The zero-order chi connectivity index (χ0) is 16.4. The number of aryl methyl sites for hydroxylation is 2. The fourth-order valence-electron chi connectivity index (χ4n) is 3.88. The molecular formula is C17H26N2O3S. The highest BCUT2D eigenvalue weighted by Crippen LogP contribution is 2.36. The lowest BCUT2D eigenvalue weighted by Gasteiger charge is -2.45. The number of thiazole rings is 1. The quantitative estimate of drug-likeness (QED) is 0.881. The maximum absolute atomic E-state index is 12.8. The van der Waals surface area contributed by atoms with Gasteiger partial charge in [0.05, 0.1) is 18.4 Å². The monoisotopic (exact) mass is 338 g/mol. The predicted octanol–water partition coefficient (Wildman–Crippen LogP) is 2.01. The molecule has 1 saturated heterocycles. The number of hydrogen-bond acceptors (Lipinski definition) is 5. The van der Waals surface area contributed by atoms with Crippen molar-refractivity contribution >= 4 is 17.2 Å². The summed E-state index contributed by atoms with van der Waals surface area (Å²) in [6, 6.07) is 0. The normalized spacial score (nSPS) is 27.8. The van der Waals surface area contributed by atoms with Crippen molar-refractivity contribution in [1.82, 2.24) is 9.88 Å². The fourth-order valence-corrected chi connectivity index (χ4v) is 5.00. The second-order valence-electron chi connectivity index (χ2n) is 6.90. The molecule has 3 rings (SSSR count). The summed E-state index contributed by atoms with van der Waals surface area (Å²) in [4.78, 5) is 20.5. The van der Waals surface area contributed by atoms with Gasteiger partial charge in [-0.2, -0.15) is 0 Å². The maximum Gasteiger partial charge on any atom is 0.282 e. The highest BCUT2D eigenvalue weighted by molar-refractivity contribution is 7.13. The summed E-state index contributed by atoms with van der Waals surface area (Å²) < 4.78 is 0. The third kappa shape index (κ3) is 3.16. The average molecular weight is 338 g/mol. The van der Waals surface area contributed by atoms with Crippen LogP contribution < -0.4 is 0 Å². The lowest BCUT2D eigenvalue weighted by molar-refractivity contribution is -0.0720. The molecule has 1 amide bonds. The molecule has 1 fully saturated rings. The number of carbonyl (C=O) groups is 1. The number of amides is 1.